The first-order valence-electron chi connectivity index (χ1n) is 6.20. The largest absolute Gasteiger partial charge is 0.508 e. The summed E-state index contributed by atoms with van der Waals surface area (Å²) in [5, 5.41) is 9.78. The Hall–Kier alpha value is -1.49. The summed E-state index contributed by atoms with van der Waals surface area (Å²) in [7, 11) is 0. The molecule has 1 fully saturated rings. The number of carbonyl (C=O) groups excluding carboxylic acids is 2. The molecule has 1 aliphatic rings. The van der Waals surface area contributed by atoms with Gasteiger partial charge in [-0.1, -0.05) is 17.8 Å². The van der Waals surface area contributed by atoms with E-state index >= 15 is 0 Å². The van der Waals surface area contributed by atoms with Crippen LogP contribution in [0.5, 0.6) is 5.75 Å². The molecule has 1 saturated heterocycles. The molecule has 5 heteroatoms. The summed E-state index contributed by atoms with van der Waals surface area (Å²) in [4.78, 5) is 24.6. The van der Waals surface area contributed by atoms with Crippen molar-refractivity contribution in [1.82, 2.24) is 0 Å². The van der Waals surface area contributed by atoms with Crippen molar-refractivity contribution < 1.29 is 14.7 Å². The summed E-state index contributed by atoms with van der Waals surface area (Å²) in [5.74, 6) is 1.13. The third-order valence-corrected chi connectivity index (χ3v) is 4.28. The van der Waals surface area contributed by atoms with Crippen LogP contribution < -0.4 is 4.90 Å². The molecule has 1 amide bonds. The van der Waals surface area contributed by atoms with Crippen molar-refractivity contribution in [2.24, 2.45) is 5.92 Å². The zero-order chi connectivity index (χ0) is 14.0. The van der Waals surface area contributed by atoms with Gasteiger partial charge in [-0.2, -0.15) is 0 Å². The van der Waals surface area contributed by atoms with E-state index in [9.17, 15) is 14.7 Å². The molecule has 1 atom stereocenters. The number of aryl methyl sites for hydroxylation is 1. The van der Waals surface area contributed by atoms with Gasteiger partial charge in [-0.05, 0) is 24.5 Å². The van der Waals surface area contributed by atoms with Crippen LogP contribution in [0.2, 0.25) is 0 Å². The average Bonchev–Trinajstić information content (AvgIpc) is 2.72. The van der Waals surface area contributed by atoms with Gasteiger partial charge in [0.15, 0.2) is 5.12 Å². The second-order valence-electron chi connectivity index (χ2n) is 4.85. The molecule has 0 radical (unpaired) electrons. The molecule has 1 N–H and O–H groups in total. The SMILES string of the molecule is CC(=O)SCC1CC(=O)N(c2ccc(C)c(O)c2)C1. The molecule has 2 rings (SSSR count). The Kier molecular flexibility index (Phi) is 4.14. The van der Waals surface area contributed by atoms with Crippen LogP contribution in [0.4, 0.5) is 5.69 Å². The predicted octanol–water partition coefficient (Wildman–Crippen LogP) is 2.33. The Morgan fingerprint density at radius 1 is 1.53 bits per heavy atom. The number of rotatable bonds is 3. The van der Waals surface area contributed by atoms with Gasteiger partial charge in [-0.15, -0.1) is 0 Å². The monoisotopic (exact) mass is 279 g/mol. The van der Waals surface area contributed by atoms with Gasteiger partial charge in [0.2, 0.25) is 5.91 Å². The van der Waals surface area contributed by atoms with E-state index in [1.54, 1.807) is 17.0 Å². The molecule has 0 bridgehead atoms. The standard InChI is InChI=1S/C14H17NO3S/c1-9-3-4-12(6-13(9)17)15-7-11(5-14(15)18)8-19-10(2)16/h3-4,6,11,17H,5,7-8H2,1-2H3. The molecule has 0 saturated carbocycles. The fraction of sp³-hybridized carbons (Fsp3) is 0.429. The molecule has 1 unspecified atom stereocenters. The van der Waals surface area contributed by atoms with Crippen molar-refractivity contribution in [2.75, 3.05) is 17.2 Å². The van der Waals surface area contributed by atoms with E-state index in [0.29, 0.717) is 18.7 Å². The van der Waals surface area contributed by atoms with Crippen molar-refractivity contribution in [2.45, 2.75) is 20.3 Å². The lowest BCUT2D eigenvalue weighted by Crippen LogP contribution is -2.24. The maximum absolute atomic E-state index is 12.0. The second-order valence-corrected chi connectivity index (χ2v) is 6.04. The predicted molar refractivity (Wildman–Crippen MR) is 76.4 cm³/mol. The van der Waals surface area contributed by atoms with Crippen LogP contribution in [0.1, 0.15) is 18.9 Å². The normalized spacial score (nSPS) is 18.9. The summed E-state index contributed by atoms with van der Waals surface area (Å²) < 4.78 is 0. The fourth-order valence-electron chi connectivity index (χ4n) is 2.14. The summed E-state index contributed by atoms with van der Waals surface area (Å²) in [5.41, 5.74) is 1.52. The van der Waals surface area contributed by atoms with Crippen LogP contribution in [0.3, 0.4) is 0 Å². The van der Waals surface area contributed by atoms with Crippen LogP contribution >= 0.6 is 11.8 Å². The number of nitrogens with zero attached hydrogens (tertiary/aromatic N) is 1. The quantitative estimate of drug-likeness (QED) is 0.922. The van der Waals surface area contributed by atoms with Gasteiger partial charge in [0.05, 0.1) is 0 Å². The van der Waals surface area contributed by atoms with Gasteiger partial charge in [-0.25, -0.2) is 0 Å². The van der Waals surface area contributed by atoms with Crippen LogP contribution in [0.15, 0.2) is 18.2 Å². The van der Waals surface area contributed by atoms with E-state index in [0.717, 1.165) is 11.3 Å². The van der Waals surface area contributed by atoms with E-state index in [1.165, 1.54) is 18.7 Å². The van der Waals surface area contributed by atoms with Crippen LogP contribution in [-0.4, -0.2) is 28.4 Å². The zero-order valence-corrected chi connectivity index (χ0v) is 11.9. The Morgan fingerprint density at radius 3 is 2.89 bits per heavy atom. The molecular weight excluding hydrogens is 262 g/mol. The van der Waals surface area contributed by atoms with Crippen molar-refractivity contribution >= 4 is 28.5 Å². The van der Waals surface area contributed by atoms with E-state index in [4.69, 9.17) is 0 Å². The average molecular weight is 279 g/mol. The molecule has 1 aliphatic heterocycles. The number of aromatic hydroxyl groups is 1. The highest BCUT2D eigenvalue weighted by Crippen LogP contribution is 2.30. The lowest BCUT2D eigenvalue weighted by atomic mass is 10.1. The maximum Gasteiger partial charge on any atom is 0.227 e. The number of anilines is 1. The Bertz CT molecular complexity index is 515. The van der Waals surface area contributed by atoms with E-state index in [-0.39, 0.29) is 22.7 Å². The Morgan fingerprint density at radius 2 is 2.26 bits per heavy atom. The molecule has 1 aromatic carbocycles. The molecule has 19 heavy (non-hydrogen) atoms. The number of phenols is 1. The highest BCUT2D eigenvalue weighted by atomic mass is 32.2. The van der Waals surface area contributed by atoms with E-state index < -0.39 is 0 Å². The molecule has 1 aromatic rings. The minimum atomic E-state index is 0.0532. The van der Waals surface area contributed by atoms with Gasteiger partial charge in [0.25, 0.3) is 0 Å². The highest BCUT2D eigenvalue weighted by molar-refractivity contribution is 8.13. The molecule has 4 nitrogen and oxygen atoms in total. The Labute approximate surface area is 116 Å². The molecule has 102 valence electrons. The lowest BCUT2D eigenvalue weighted by molar-refractivity contribution is -0.117. The third-order valence-electron chi connectivity index (χ3n) is 3.23. The first kappa shape index (κ1) is 13.9. The second kappa shape index (κ2) is 5.65. The number of benzene rings is 1. The van der Waals surface area contributed by atoms with Gasteiger partial charge >= 0.3 is 0 Å². The van der Waals surface area contributed by atoms with Crippen LogP contribution in [-0.2, 0) is 9.59 Å². The highest BCUT2D eigenvalue weighted by Gasteiger charge is 2.30. The minimum Gasteiger partial charge on any atom is -0.508 e. The molecule has 0 aliphatic carbocycles. The van der Waals surface area contributed by atoms with Gasteiger partial charge in [0, 0.05) is 37.4 Å². The fourth-order valence-corrected chi connectivity index (χ4v) is 2.84. The lowest BCUT2D eigenvalue weighted by Gasteiger charge is -2.17. The maximum atomic E-state index is 12.0. The first-order chi connectivity index (χ1) is 8.97. The number of thioether (sulfide) groups is 1. The van der Waals surface area contributed by atoms with Crippen molar-refractivity contribution in [3.05, 3.63) is 23.8 Å². The van der Waals surface area contributed by atoms with Gasteiger partial charge < -0.3 is 10.0 Å². The van der Waals surface area contributed by atoms with Gasteiger partial charge in [-0.3, -0.25) is 9.59 Å². The number of hydrogen-bond acceptors (Lipinski definition) is 4. The van der Waals surface area contributed by atoms with Crippen LogP contribution in [0, 0.1) is 12.8 Å². The summed E-state index contributed by atoms with van der Waals surface area (Å²) in [6.07, 6.45) is 0.467. The van der Waals surface area contributed by atoms with Crippen molar-refractivity contribution in [1.29, 1.82) is 0 Å². The van der Waals surface area contributed by atoms with Crippen molar-refractivity contribution in [3.63, 3.8) is 0 Å². The minimum absolute atomic E-state index is 0.0532. The van der Waals surface area contributed by atoms with E-state index in [2.05, 4.69) is 0 Å². The third kappa shape index (κ3) is 3.29. The summed E-state index contributed by atoms with van der Waals surface area (Å²) in [6, 6.07) is 5.26. The van der Waals surface area contributed by atoms with E-state index in [1.807, 2.05) is 13.0 Å². The molecule has 0 aromatic heterocycles. The molecular formula is C14H17NO3S. The summed E-state index contributed by atoms with van der Waals surface area (Å²) in [6.45, 7) is 3.97. The smallest absolute Gasteiger partial charge is 0.227 e. The molecule has 1 heterocycles. The molecule has 0 spiro atoms. The number of carbonyl (C=O) groups is 2. The zero-order valence-electron chi connectivity index (χ0n) is 11.0. The summed E-state index contributed by atoms with van der Waals surface area (Å²) >= 11 is 1.27. The Balaban J connectivity index is 2.07. The first-order valence-corrected chi connectivity index (χ1v) is 7.19. The number of phenolic OH excluding ortho intramolecular Hbond substituents is 1. The van der Waals surface area contributed by atoms with Crippen molar-refractivity contribution in [3.8, 4) is 5.75 Å². The number of hydrogen-bond donors (Lipinski definition) is 1. The van der Waals surface area contributed by atoms with Crippen LogP contribution in [0.25, 0.3) is 0 Å². The topological polar surface area (TPSA) is 57.6 Å². The number of amides is 1. The van der Waals surface area contributed by atoms with Gasteiger partial charge in [0.1, 0.15) is 5.75 Å².